The van der Waals surface area contributed by atoms with E-state index in [-0.39, 0.29) is 5.75 Å². The first-order valence-electron chi connectivity index (χ1n) is 5.50. The van der Waals surface area contributed by atoms with Crippen LogP contribution in [0.4, 0.5) is 0 Å². The molecule has 1 saturated heterocycles. The molecule has 0 unspecified atom stereocenters. The first kappa shape index (κ1) is 11.0. The number of rotatable bonds is 2. The van der Waals surface area contributed by atoms with Crippen LogP contribution in [0.25, 0.3) is 0 Å². The van der Waals surface area contributed by atoms with Crippen LogP contribution < -0.4 is 0 Å². The topological polar surface area (TPSA) is 39.1 Å². The van der Waals surface area contributed by atoms with Crippen molar-refractivity contribution >= 4 is 6.21 Å². The van der Waals surface area contributed by atoms with E-state index in [1.54, 1.807) is 18.3 Å². The Kier molecular flexibility index (Phi) is 3.41. The second kappa shape index (κ2) is 4.99. The molecule has 0 spiro atoms. The lowest BCUT2D eigenvalue weighted by Gasteiger charge is -2.30. The summed E-state index contributed by atoms with van der Waals surface area (Å²) in [5.41, 5.74) is 0.930. The Hall–Kier alpha value is -1.55. The van der Waals surface area contributed by atoms with E-state index in [1.165, 1.54) is 0 Å². The molecule has 1 heterocycles. The van der Waals surface area contributed by atoms with E-state index in [0.717, 1.165) is 31.7 Å². The van der Waals surface area contributed by atoms with E-state index in [4.69, 9.17) is 0 Å². The van der Waals surface area contributed by atoms with Gasteiger partial charge >= 0.3 is 0 Å². The number of hydrogen-bond donors (Lipinski definition) is 1. The normalized spacial score (nSPS) is 18.2. The van der Waals surface area contributed by atoms with E-state index in [9.17, 15) is 5.11 Å². The minimum absolute atomic E-state index is 0.280. The van der Waals surface area contributed by atoms with Crippen LogP contribution in [0.2, 0.25) is 0 Å². The van der Waals surface area contributed by atoms with Crippen molar-refractivity contribution in [3.63, 3.8) is 0 Å². The average molecular weight is 219 g/mol. The molecule has 86 valence electrons. The average Bonchev–Trinajstić information content (AvgIpc) is 2.28. The molecule has 0 atom stereocenters. The van der Waals surface area contributed by atoms with E-state index < -0.39 is 0 Å². The first-order chi connectivity index (χ1) is 7.74. The van der Waals surface area contributed by atoms with Gasteiger partial charge in [0.25, 0.3) is 0 Å². The number of aromatic hydroxyl groups is 1. The Morgan fingerprint density at radius 1 is 1.25 bits per heavy atom. The second-order valence-electron chi connectivity index (χ2n) is 4.10. The van der Waals surface area contributed by atoms with Gasteiger partial charge in [0.1, 0.15) is 5.75 Å². The van der Waals surface area contributed by atoms with Crippen LogP contribution in [0.3, 0.4) is 0 Å². The Labute approximate surface area is 95.8 Å². The second-order valence-corrected chi connectivity index (χ2v) is 4.10. The van der Waals surface area contributed by atoms with E-state index in [0.29, 0.717) is 0 Å². The van der Waals surface area contributed by atoms with Gasteiger partial charge in [0.15, 0.2) is 0 Å². The van der Waals surface area contributed by atoms with E-state index in [2.05, 4.69) is 22.1 Å². The summed E-state index contributed by atoms with van der Waals surface area (Å²) in [4.78, 5) is 2.29. The van der Waals surface area contributed by atoms with Gasteiger partial charge in [-0.15, -0.1) is 0 Å². The number of hydrogen-bond acceptors (Lipinski definition) is 4. The van der Waals surface area contributed by atoms with Crippen LogP contribution in [-0.4, -0.2) is 54.5 Å². The van der Waals surface area contributed by atoms with E-state index in [1.807, 2.05) is 12.1 Å². The van der Waals surface area contributed by atoms with Crippen LogP contribution in [-0.2, 0) is 0 Å². The molecule has 1 aliphatic rings. The van der Waals surface area contributed by atoms with Crippen molar-refractivity contribution in [1.82, 2.24) is 9.91 Å². The van der Waals surface area contributed by atoms with Gasteiger partial charge in [0, 0.05) is 26.2 Å². The quantitative estimate of drug-likeness (QED) is 0.753. The molecule has 0 aromatic heterocycles. The lowest BCUT2D eigenvalue weighted by atomic mass is 10.2. The maximum absolute atomic E-state index is 9.30. The van der Waals surface area contributed by atoms with Crippen molar-refractivity contribution in [3.8, 4) is 5.75 Å². The number of piperazine rings is 1. The number of phenols is 1. The minimum Gasteiger partial charge on any atom is -0.508 e. The standard InChI is InChI=1S/C12H17N3O/c1-14-5-7-15(8-6-14)13-10-11-3-2-4-12(16)9-11/h2-4,9-10,16H,5-8H2,1H3/b13-10-. The van der Waals surface area contributed by atoms with Gasteiger partial charge in [-0.3, -0.25) is 5.01 Å². The third-order valence-electron chi connectivity index (χ3n) is 2.72. The van der Waals surface area contributed by atoms with Gasteiger partial charge in [0.05, 0.1) is 6.21 Å². The van der Waals surface area contributed by atoms with Crippen LogP contribution in [0.5, 0.6) is 5.75 Å². The fourth-order valence-corrected chi connectivity index (χ4v) is 1.66. The zero-order valence-corrected chi connectivity index (χ0v) is 9.50. The predicted molar refractivity (Wildman–Crippen MR) is 64.8 cm³/mol. The summed E-state index contributed by atoms with van der Waals surface area (Å²) in [5, 5.41) is 15.8. The summed E-state index contributed by atoms with van der Waals surface area (Å²) in [6.07, 6.45) is 1.80. The van der Waals surface area contributed by atoms with Crippen molar-refractivity contribution in [2.45, 2.75) is 0 Å². The van der Waals surface area contributed by atoms with Gasteiger partial charge in [-0.25, -0.2) is 0 Å². The van der Waals surface area contributed by atoms with Gasteiger partial charge < -0.3 is 10.0 Å². The zero-order chi connectivity index (χ0) is 11.4. The lowest BCUT2D eigenvalue weighted by molar-refractivity contribution is 0.159. The Balaban J connectivity index is 1.94. The Morgan fingerprint density at radius 2 is 2.00 bits per heavy atom. The maximum atomic E-state index is 9.30. The highest BCUT2D eigenvalue weighted by Crippen LogP contribution is 2.09. The van der Waals surface area contributed by atoms with Gasteiger partial charge in [-0.2, -0.15) is 5.10 Å². The summed E-state index contributed by atoms with van der Waals surface area (Å²) in [7, 11) is 2.12. The fourth-order valence-electron chi connectivity index (χ4n) is 1.66. The molecule has 0 amide bonds. The molecule has 0 bridgehead atoms. The molecule has 1 N–H and O–H groups in total. The highest BCUT2D eigenvalue weighted by Gasteiger charge is 2.10. The summed E-state index contributed by atoms with van der Waals surface area (Å²) in [5.74, 6) is 0.280. The molecule has 0 saturated carbocycles. The van der Waals surface area contributed by atoms with Gasteiger partial charge in [0.2, 0.25) is 0 Å². The molecule has 0 radical (unpaired) electrons. The third-order valence-corrected chi connectivity index (χ3v) is 2.72. The minimum atomic E-state index is 0.280. The highest BCUT2D eigenvalue weighted by molar-refractivity contribution is 5.79. The highest BCUT2D eigenvalue weighted by atomic mass is 16.3. The molecule has 1 aromatic rings. The third kappa shape index (κ3) is 2.97. The summed E-state index contributed by atoms with van der Waals surface area (Å²) in [6.45, 7) is 4.03. The Morgan fingerprint density at radius 3 is 2.69 bits per heavy atom. The number of nitrogens with zero attached hydrogens (tertiary/aromatic N) is 3. The monoisotopic (exact) mass is 219 g/mol. The SMILES string of the molecule is CN1CCN(/N=C\c2cccc(O)c2)CC1. The van der Waals surface area contributed by atoms with E-state index >= 15 is 0 Å². The van der Waals surface area contributed by atoms with Crippen LogP contribution >= 0.6 is 0 Å². The molecule has 0 aliphatic carbocycles. The molecule has 2 rings (SSSR count). The fraction of sp³-hybridized carbons (Fsp3) is 0.417. The molecule has 1 fully saturated rings. The number of likely N-dealkylation sites (N-methyl/N-ethyl adjacent to an activating group) is 1. The number of benzene rings is 1. The maximum Gasteiger partial charge on any atom is 0.116 e. The molecule has 16 heavy (non-hydrogen) atoms. The summed E-state index contributed by atoms with van der Waals surface area (Å²) >= 11 is 0. The number of phenolic OH excluding ortho intramolecular Hbond substituents is 1. The molecular formula is C12H17N3O. The summed E-state index contributed by atoms with van der Waals surface area (Å²) in [6, 6.07) is 7.12. The predicted octanol–water partition coefficient (Wildman–Crippen LogP) is 0.974. The van der Waals surface area contributed by atoms with Crippen molar-refractivity contribution < 1.29 is 5.11 Å². The van der Waals surface area contributed by atoms with Crippen LogP contribution in [0.1, 0.15) is 5.56 Å². The van der Waals surface area contributed by atoms with Crippen LogP contribution in [0.15, 0.2) is 29.4 Å². The summed E-state index contributed by atoms with van der Waals surface area (Å²) < 4.78 is 0. The smallest absolute Gasteiger partial charge is 0.116 e. The Bertz CT molecular complexity index is 370. The van der Waals surface area contributed by atoms with Crippen molar-refractivity contribution in [1.29, 1.82) is 0 Å². The van der Waals surface area contributed by atoms with Gasteiger partial charge in [-0.1, -0.05) is 12.1 Å². The molecule has 1 aliphatic heterocycles. The van der Waals surface area contributed by atoms with Crippen molar-refractivity contribution in [2.75, 3.05) is 33.2 Å². The van der Waals surface area contributed by atoms with Gasteiger partial charge in [-0.05, 0) is 24.7 Å². The van der Waals surface area contributed by atoms with Crippen molar-refractivity contribution in [3.05, 3.63) is 29.8 Å². The lowest BCUT2D eigenvalue weighted by Crippen LogP contribution is -2.41. The zero-order valence-electron chi connectivity index (χ0n) is 9.50. The first-order valence-corrected chi connectivity index (χ1v) is 5.50. The molecule has 4 heteroatoms. The number of hydrazone groups is 1. The van der Waals surface area contributed by atoms with Crippen LogP contribution in [0, 0.1) is 0 Å². The largest absolute Gasteiger partial charge is 0.508 e. The molecular weight excluding hydrogens is 202 g/mol. The van der Waals surface area contributed by atoms with Crippen molar-refractivity contribution in [2.24, 2.45) is 5.10 Å². The molecule has 4 nitrogen and oxygen atoms in total. The molecule has 1 aromatic carbocycles.